The van der Waals surface area contributed by atoms with Gasteiger partial charge in [0.05, 0.1) is 19.3 Å². The molecule has 26 heavy (non-hydrogen) atoms. The van der Waals surface area contributed by atoms with Crippen LogP contribution in [0.25, 0.3) is 0 Å². The summed E-state index contributed by atoms with van der Waals surface area (Å²) in [5.41, 5.74) is 0.987. The summed E-state index contributed by atoms with van der Waals surface area (Å²) in [7, 11) is 0. The molecule has 1 saturated carbocycles. The lowest BCUT2D eigenvalue weighted by Crippen LogP contribution is -2.44. The van der Waals surface area contributed by atoms with Gasteiger partial charge in [-0.15, -0.1) is 0 Å². The summed E-state index contributed by atoms with van der Waals surface area (Å²) >= 11 is 0. The Morgan fingerprint density at radius 3 is 2.69 bits per heavy atom. The molecule has 142 valence electrons. The molecule has 0 aromatic heterocycles. The molecule has 2 atom stereocenters. The first-order chi connectivity index (χ1) is 12.6. The van der Waals surface area contributed by atoms with E-state index < -0.39 is 0 Å². The zero-order chi connectivity index (χ0) is 18.4. The summed E-state index contributed by atoms with van der Waals surface area (Å²) in [6.07, 6.45) is 2.53. The predicted octanol–water partition coefficient (Wildman–Crippen LogP) is 0.900. The van der Waals surface area contributed by atoms with Gasteiger partial charge in [0.2, 0.25) is 5.91 Å². The first-order valence-corrected chi connectivity index (χ1v) is 9.23. The Bertz CT molecular complexity index is 610. The smallest absolute Gasteiger partial charge is 0.258 e. The summed E-state index contributed by atoms with van der Waals surface area (Å²) in [5.74, 6) is 0.553. The molecule has 7 nitrogen and oxygen atoms in total. The van der Waals surface area contributed by atoms with Gasteiger partial charge in [-0.05, 0) is 37.5 Å². The number of hydrogen-bond donors (Lipinski definition) is 3. The molecule has 0 radical (unpaired) electrons. The average molecular weight is 361 g/mol. The van der Waals surface area contributed by atoms with E-state index in [0.717, 1.165) is 24.9 Å². The third-order valence-corrected chi connectivity index (χ3v) is 4.50. The number of carbonyl (C=O) groups excluding carboxylic acids is 2. The second-order valence-electron chi connectivity index (χ2n) is 6.92. The number of nitrogens with one attached hydrogen (secondary N) is 3. The minimum atomic E-state index is -0.0979. The van der Waals surface area contributed by atoms with Crippen molar-refractivity contribution < 1.29 is 19.1 Å². The van der Waals surface area contributed by atoms with Crippen LogP contribution in [-0.2, 0) is 14.3 Å². The van der Waals surface area contributed by atoms with Crippen molar-refractivity contribution >= 4 is 11.8 Å². The van der Waals surface area contributed by atoms with Gasteiger partial charge in [0.1, 0.15) is 5.75 Å². The largest absolute Gasteiger partial charge is 0.484 e. The Kier molecular flexibility index (Phi) is 6.46. The minimum absolute atomic E-state index is 0.00225. The van der Waals surface area contributed by atoms with Gasteiger partial charge in [0.15, 0.2) is 6.61 Å². The molecule has 0 bridgehead atoms. The van der Waals surface area contributed by atoms with Crippen molar-refractivity contribution in [2.24, 2.45) is 0 Å². The molecule has 7 heteroatoms. The highest BCUT2D eigenvalue weighted by molar-refractivity contribution is 5.78. The lowest BCUT2D eigenvalue weighted by Gasteiger charge is -2.24. The molecule has 1 aromatic rings. The summed E-state index contributed by atoms with van der Waals surface area (Å²) in [5, 5.41) is 9.16. The molecule has 3 rings (SSSR count). The van der Waals surface area contributed by atoms with Gasteiger partial charge in [0, 0.05) is 25.0 Å². The number of morpholine rings is 1. The topological polar surface area (TPSA) is 88.7 Å². The van der Waals surface area contributed by atoms with Crippen molar-refractivity contribution in [3.05, 3.63) is 29.8 Å². The molecule has 2 amide bonds. The third kappa shape index (κ3) is 6.00. The van der Waals surface area contributed by atoms with E-state index in [1.54, 1.807) is 0 Å². The first kappa shape index (κ1) is 18.7. The lowest BCUT2D eigenvalue weighted by molar-refractivity contribution is -0.123. The Morgan fingerprint density at radius 1 is 1.27 bits per heavy atom. The maximum absolute atomic E-state index is 12.2. The highest BCUT2D eigenvalue weighted by atomic mass is 16.5. The van der Waals surface area contributed by atoms with E-state index in [9.17, 15) is 9.59 Å². The molecular weight excluding hydrogens is 334 g/mol. The summed E-state index contributed by atoms with van der Waals surface area (Å²) in [6.45, 7) is 4.03. The van der Waals surface area contributed by atoms with Crippen LogP contribution in [-0.4, -0.2) is 50.3 Å². The van der Waals surface area contributed by atoms with Gasteiger partial charge in [-0.2, -0.15) is 0 Å². The first-order valence-electron chi connectivity index (χ1n) is 9.23. The van der Waals surface area contributed by atoms with Crippen LogP contribution in [0.5, 0.6) is 5.75 Å². The SMILES string of the molecule is CC(NC(=O)CC1COCCN1)c1ccc(OCC(=O)NC2CC2)cc1. The van der Waals surface area contributed by atoms with Crippen LogP contribution in [0.15, 0.2) is 24.3 Å². The molecule has 2 unspecified atom stereocenters. The zero-order valence-electron chi connectivity index (χ0n) is 15.1. The minimum Gasteiger partial charge on any atom is -0.484 e. The van der Waals surface area contributed by atoms with Crippen molar-refractivity contribution in [3.8, 4) is 5.75 Å². The van der Waals surface area contributed by atoms with E-state index >= 15 is 0 Å². The van der Waals surface area contributed by atoms with Crippen molar-refractivity contribution in [2.45, 2.75) is 44.3 Å². The van der Waals surface area contributed by atoms with Crippen molar-refractivity contribution in [3.63, 3.8) is 0 Å². The van der Waals surface area contributed by atoms with E-state index in [2.05, 4.69) is 16.0 Å². The molecule has 1 saturated heterocycles. The van der Waals surface area contributed by atoms with Crippen molar-refractivity contribution in [1.82, 2.24) is 16.0 Å². The number of ether oxygens (including phenoxy) is 2. The molecule has 3 N–H and O–H groups in total. The van der Waals surface area contributed by atoms with E-state index in [-0.39, 0.29) is 30.5 Å². The normalized spacial score (nSPS) is 20.9. The van der Waals surface area contributed by atoms with Crippen LogP contribution < -0.4 is 20.7 Å². The molecule has 0 spiro atoms. The Hall–Kier alpha value is -2.12. The van der Waals surface area contributed by atoms with E-state index in [1.165, 1.54) is 0 Å². The lowest BCUT2D eigenvalue weighted by atomic mass is 10.1. The van der Waals surface area contributed by atoms with Gasteiger partial charge in [-0.1, -0.05) is 12.1 Å². The molecule has 1 aromatic carbocycles. The number of amides is 2. The predicted molar refractivity (Wildman–Crippen MR) is 96.9 cm³/mol. The van der Waals surface area contributed by atoms with Gasteiger partial charge in [-0.25, -0.2) is 0 Å². The molecule has 2 aliphatic rings. The molecule has 1 heterocycles. The highest BCUT2D eigenvalue weighted by Gasteiger charge is 2.23. The van der Waals surface area contributed by atoms with Gasteiger partial charge >= 0.3 is 0 Å². The number of rotatable bonds is 8. The standard InChI is InChI=1S/C19H27N3O4/c1-13(21-18(23)10-16-11-25-9-8-20-16)14-2-6-17(7-3-14)26-12-19(24)22-15-4-5-15/h2-3,6-7,13,15-16,20H,4-5,8-12H2,1H3,(H,21,23)(H,22,24). The van der Waals surface area contributed by atoms with E-state index in [1.807, 2.05) is 31.2 Å². The molecule has 2 fully saturated rings. The average Bonchev–Trinajstić information content (AvgIpc) is 3.45. The van der Waals surface area contributed by atoms with Crippen LogP contribution >= 0.6 is 0 Å². The maximum Gasteiger partial charge on any atom is 0.258 e. The second-order valence-corrected chi connectivity index (χ2v) is 6.92. The maximum atomic E-state index is 12.2. The number of carbonyl (C=O) groups is 2. The van der Waals surface area contributed by atoms with Gasteiger partial charge in [0.25, 0.3) is 5.91 Å². The fraction of sp³-hybridized carbons (Fsp3) is 0.579. The van der Waals surface area contributed by atoms with Crippen LogP contribution in [0, 0.1) is 0 Å². The Morgan fingerprint density at radius 2 is 2.04 bits per heavy atom. The van der Waals surface area contributed by atoms with Gasteiger partial charge in [-0.3, -0.25) is 9.59 Å². The molecular formula is C19H27N3O4. The fourth-order valence-corrected chi connectivity index (χ4v) is 2.86. The van der Waals surface area contributed by atoms with Crippen LogP contribution in [0.4, 0.5) is 0 Å². The second kappa shape index (κ2) is 9.00. The third-order valence-electron chi connectivity index (χ3n) is 4.50. The molecule has 1 aliphatic carbocycles. The van der Waals surface area contributed by atoms with Crippen LogP contribution in [0.2, 0.25) is 0 Å². The summed E-state index contributed by atoms with van der Waals surface area (Å²) in [6, 6.07) is 7.76. The van der Waals surface area contributed by atoms with Crippen LogP contribution in [0.1, 0.15) is 37.8 Å². The monoisotopic (exact) mass is 361 g/mol. The van der Waals surface area contributed by atoms with Crippen molar-refractivity contribution in [1.29, 1.82) is 0 Å². The zero-order valence-corrected chi connectivity index (χ0v) is 15.1. The fourth-order valence-electron chi connectivity index (χ4n) is 2.86. The van der Waals surface area contributed by atoms with Crippen LogP contribution in [0.3, 0.4) is 0 Å². The number of hydrogen-bond acceptors (Lipinski definition) is 5. The highest BCUT2D eigenvalue weighted by Crippen LogP contribution is 2.19. The Balaban J connectivity index is 1.41. The quantitative estimate of drug-likeness (QED) is 0.640. The number of benzene rings is 1. The summed E-state index contributed by atoms with van der Waals surface area (Å²) < 4.78 is 10.9. The van der Waals surface area contributed by atoms with E-state index in [4.69, 9.17) is 9.47 Å². The Labute approximate surface area is 153 Å². The van der Waals surface area contributed by atoms with Crippen molar-refractivity contribution in [2.75, 3.05) is 26.4 Å². The van der Waals surface area contributed by atoms with E-state index in [0.29, 0.717) is 31.4 Å². The van der Waals surface area contributed by atoms with Gasteiger partial charge < -0.3 is 25.4 Å². The summed E-state index contributed by atoms with van der Waals surface area (Å²) in [4.78, 5) is 23.8. The molecule has 1 aliphatic heterocycles.